The van der Waals surface area contributed by atoms with E-state index in [-0.39, 0.29) is 28.5 Å². The Balaban J connectivity index is 2.07. The van der Waals surface area contributed by atoms with Crippen LogP contribution in [0.25, 0.3) is 16.7 Å². The zero-order valence-electron chi connectivity index (χ0n) is 16.4. The first-order chi connectivity index (χ1) is 13.7. The van der Waals surface area contributed by atoms with Gasteiger partial charge in [-0.05, 0) is 51.7 Å². The molecule has 1 fully saturated rings. The number of nitrogens with zero attached hydrogens (tertiary/aromatic N) is 4. The first-order valence-corrected chi connectivity index (χ1v) is 9.43. The van der Waals surface area contributed by atoms with Crippen molar-refractivity contribution in [3.63, 3.8) is 0 Å². The summed E-state index contributed by atoms with van der Waals surface area (Å²) in [6, 6.07) is 5.09. The Morgan fingerprint density at radius 1 is 1.34 bits per heavy atom. The molecule has 0 radical (unpaired) electrons. The maximum absolute atomic E-state index is 14.5. The summed E-state index contributed by atoms with van der Waals surface area (Å²) in [5.74, 6) is -0.165. The summed E-state index contributed by atoms with van der Waals surface area (Å²) in [6.45, 7) is 5.36. The van der Waals surface area contributed by atoms with Crippen molar-refractivity contribution in [2.45, 2.75) is 45.2 Å². The number of nitrogens with one attached hydrogen (secondary N) is 1. The molecule has 152 valence electrons. The molecule has 1 saturated carbocycles. The number of H-pyrrole nitrogens is 1. The molecular formula is C20H22FN5O3. The third kappa shape index (κ3) is 3.26. The highest BCUT2D eigenvalue weighted by Crippen LogP contribution is 2.46. The van der Waals surface area contributed by atoms with Gasteiger partial charge >= 0.3 is 6.09 Å². The maximum Gasteiger partial charge on any atom is 0.408 e. The Labute approximate surface area is 166 Å². The quantitative estimate of drug-likeness (QED) is 0.699. The Bertz CT molecular complexity index is 1130. The normalized spacial score (nSPS) is 15.4. The molecule has 1 aliphatic carbocycles. The number of carboxylic acid groups (broad SMARTS) is 1. The van der Waals surface area contributed by atoms with Gasteiger partial charge in [0.25, 0.3) is 5.56 Å². The summed E-state index contributed by atoms with van der Waals surface area (Å²) in [5.41, 5.74) is -1.30. The van der Waals surface area contributed by atoms with Gasteiger partial charge in [-0.25, -0.2) is 18.7 Å². The highest BCUT2D eigenvalue weighted by molar-refractivity contribution is 5.78. The van der Waals surface area contributed by atoms with Crippen LogP contribution in [0.3, 0.4) is 0 Å². The van der Waals surface area contributed by atoms with Crippen LogP contribution >= 0.6 is 0 Å². The summed E-state index contributed by atoms with van der Waals surface area (Å²) in [5, 5.41) is 16.9. The Kier molecular flexibility index (Phi) is 4.40. The molecule has 2 aromatic heterocycles. The molecule has 0 aliphatic heterocycles. The second-order valence-electron chi connectivity index (χ2n) is 8.28. The van der Waals surface area contributed by atoms with Gasteiger partial charge in [0.05, 0.1) is 11.4 Å². The number of rotatable bonds is 4. The van der Waals surface area contributed by atoms with Crippen LogP contribution in [-0.4, -0.2) is 41.4 Å². The van der Waals surface area contributed by atoms with Crippen LogP contribution in [0.15, 0.2) is 35.3 Å². The molecule has 3 aromatic rings. The molecule has 9 heteroatoms. The Hall–Kier alpha value is -3.23. The highest BCUT2D eigenvalue weighted by atomic mass is 19.1. The van der Waals surface area contributed by atoms with Gasteiger partial charge in [0.2, 0.25) is 0 Å². The molecule has 2 heterocycles. The van der Waals surface area contributed by atoms with E-state index in [1.807, 2.05) is 0 Å². The molecular weight excluding hydrogens is 377 g/mol. The average Bonchev–Trinajstić information content (AvgIpc) is 3.33. The Morgan fingerprint density at radius 3 is 2.62 bits per heavy atom. The molecule has 0 bridgehead atoms. The second kappa shape index (κ2) is 6.68. The first kappa shape index (κ1) is 19.1. The van der Waals surface area contributed by atoms with E-state index >= 15 is 0 Å². The van der Waals surface area contributed by atoms with Gasteiger partial charge in [-0.3, -0.25) is 14.8 Å². The fraction of sp³-hybridized carbons (Fsp3) is 0.400. The van der Waals surface area contributed by atoms with Gasteiger partial charge in [0, 0.05) is 17.8 Å². The average molecular weight is 399 g/mol. The largest absolute Gasteiger partial charge is 0.465 e. The van der Waals surface area contributed by atoms with E-state index in [2.05, 4.69) is 15.2 Å². The third-order valence-corrected chi connectivity index (χ3v) is 5.13. The fourth-order valence-electron chi connectivity index (χ4n) is 3.76. The van der Waals surface area contributed by atoms with Crippen molar-refractivity contribution < 1.29 is 14.3 Å². The van der Waals surface area contributed by atoms with Gasteiger partial charge in [-0.1, -0.05) is 6.07 Å². The molecule has 2 N–H and O–H groups in total. The fourth-order valence-corrected chi connectivity index (χ4v) is 3.76. The van der Waals surface area contributed by atoms with Gasteiger partial charge in [0.1, 0.15) is 17.2 Å². The minimum absolute atomic E-state index is 0.00774. The maximum atomic E-state index is 14.5. The number of fused-ring (bicyclic) bond motifs is 1. The molecule has 1 atom stereocenters. The molecule has 0 spiro atoms. The van der Waals surface area contributed by atoms with Crippen molar-refractivity contribution in [1.29, 1.82) is 0 Å². The molecule has 4 rings (SSSR count). The summed E-state index contributed by atoms with van der Waals surface area (Å²) < 4.78 is 15.8. The number of hydrogen-bond donors (Lipinski definition) is 2. The second-order valence-corrected chi connectivity index (χ2v) is 8.28. The molecule has 0 saturated heterocycles. The first-order valence-electron chi connectivity index (χ1n) is 9.43. The van der Waals surface area contributed by atoms with Gasteiger partial charge in [-0.2, -0.15) is 5.10 Å². The van der Waals surface area contributed by atoms with E-state index in [1.54, 1.807) is 33.0 Å². The van der Waals surface area contributed by atoms with E-state index in [9.17, 15) is 19.1 Å². The van der Waals surface area contributed by atoms with E-state index in [0.717, 1.165) is 12.8 Å². The third-order valence-electron chi connectivity index (χ3n) is 5.13. The number of benzene rings is 1. The molecule has 8 nitrogen and oxygen atoms in total. The van der Waals surface area contributed by atoms with Crippen LogP contribution in [0.1, 0.15) is 45.5 Å². The van der Waals surface area contributed by atoms with Crippen molar-refractivity contribution in [3.8, 4) is 5.82 Å². The van der Waals surface area contributed by atoms with Crippen LogP contribution in [0.4, 0.5) is 9.18 Å². The van der Waals surface area contributed by atoms with Crippen LogP contribution in [0.5, 0.6) is 0 Å². The lowest BCUT2D eigenvalue weighted by Gasteiger charge is -2.40. The summed E-state index contributed by atoms with van der Waals surface area (Å²) in [7, 11) is 0. The number of aromatic amines is 1. The van der Waals surface area contributed by atoms with E-state index in [1.165, 1.54) is 27.7 Å². The summed E-state index contributed by atoms with van der Waals surface area (Å²) >= 11 is 0. The highest BCUT2D eigenvalue weighted by Gasteiger charge is 2.45. The molecule has 1 amide bonds. The van der Waals surface area contributed by atoms with Crippen LogP contribution in [0, 0.1) is 11.7 Å². The predicted octanol–water partition coefficient (Wildman–Crippen LogP) is 3.48. The number of hydrogen-bond acceptors (Lipinski definition) is 4. The zero-order valence-corrected chi connectivity index (χ0v) is 16.4. The smallest absolute Gasteiger partial charge is 0.408 e. The van der Waals surface area contributed by atoms with E-state index in [0.29, 0.717) is 0 Å². The molecule has 0 unspecified atom stereocenters. The SMILES string of the molecule is CC(C)(C)N(C(=O)O)[C@H](c1nc2c(F)cccc2c(=O)n1-c1cc[nH]n1)C1CC1. The van der Waals surface area contributed by atoms with Crippen molar-refractivity contribution in [2.24, 2.45) is 5.92 Å². The number of halogens is 1. The van der Waals surface area contributed by atoms with Crippen LogP contribution in [-0.2, 0) is 0 Å². The monoisotopic (exact) mass is 399 g/mol. The number of carbonyl (C=O) groups is 1. The van der Waals surface area contributed by atoms with E-state index < -0.39 is 29.1 Å². The van der Waals surface area contributed by atoms with Gasteiger partial charge in [0.15, 0.2) is 5.82 Å². The van der Waals surface area contributed by atoms with Crippen LogP contribution in [0.2, 0.25) is 0 Å². The Morgan fingerprint density at radius 2 is 2.07 bits per heavy atom. The van der Waals surface area contributed by atoms with Crippen molar-refractivity contribution in [1.82, 2.24) is 24.6 Å². The lowest BCUT2D eigenvalue weighted by atomic mass is 9.99. The van der Waals surface area contributed by atoms with Gasteiger partial charge < -0.3 is 5.11 Å². The van der Waals surface area contributed by atoms with E-state index in [4.69, 9.17) is 0 Å². The lowest BCUT2D eigenvalue weighted by molar-refractivity contribution is 0.0581. The minimum atomic E-state index is -1.12. The molecule has 1 aromatic carbocycles. The van der Waals surface area contributed by atoms with Crippen molar-refractivity contribution in [3.05, 3.63) is 52.5 Å². The van der Waals surface area contributed by atoms with Crippen LogP contribution < -0.4 is 5.56 Å². The summed E-state index contributed by atoms with van der Waals surface area (Å²) in [4.78, 5) is 31.4. The molecule has 29 heavy (non-hydrogen) atoms. The number of aromatic nitrogens is 4. The van der Waals surface area contributed by atoms with Crippen molar-refractivity contribution in [2.75, 3.05) is 0 Å². The van der Waals surface area contributed by atoms with Crippen molar-refractivity contribution >= 4 is 17.0 Å². The minimum Gasteiger partial charge on any atom is -0.465 e. The predicted molar refractivity (Wildman–Crippen MR) is 105 cm³/mol. The summed E-state index contributed by atoms with van der Waals surface area (Å²) in [6.07, 6.45) is 2.05. The van der Waals surface area contributed by atoms with Gasteiger partial charge in [-0.15, -0.1) is 0 Å². The lowest BCUT2D eigenvalue weighted by Crippen LogP contribution is -2.49. The topological polar surface area (TPSA) is 104 Å². The number of amides is 1. The standard InChI is InChI=1S/C20H22FN5O3/c1-20(2,3)26(19(28)29)16(11-7-8-11)17-23-15-12(5-4-6-13(15)21)18(27)25(17)14-9-10-22-24-14/h4-6,9-11,16H,7-8H2,1-3H3,(H,22,24)(H,28,29)/t16-/m0/s1. The molecule has 1 aliphatic rings. The number of para-hydroxylation sites is 1. The zero-order chi connectivity index (χ0) is 20.9.